The maximum Gasteiger partial charge on any atom is 0.258 e. The molecule has 0 amide bonds. The number of nitrogens with zero attached hydrogens (tertiary/aromatic N) is 2. The number of nitrogens with two attached hydrogens (primary N) is 1. The zero-order chi connectivity index (χ0) is 10.8. The Morgan fingerprint density at radius 1 is 1.47 bits per heavy atom. The molecule has 0 fully saturated rings. The highest BCUT2D eigenvalue weighted by Crippen LogP contribution is 2.26. The van der Waals surface area contributed by atoms with Crippen molar-refractivity contribution in [3.8, 4) is 17.2 Å². The van der Waals surface area contributed by atoms with Crippen LogP contribution in [0.15, 0.2) is 22.7 Å². The van der Waals surface area contributed by atoms with Crippen LogP contribution in [-0.2, 0) is 6.42 Å². The van der Waals surface area contributed by atoms with Crippen LogP contribution >= 0.6 is 0 Å². The van der Waals surface area contributed by atoms with E-state index in [4.69, 9.17) is 10.3 Å². The molecule has 0 spiro atoms. The first-order chi connectivity index (χ1) is 7.20. The van der Waals surface area contributed by atoms with Crippen molar-refractivity contribution in [1.29, 1.82) is 0 Å². The molecule has 2 rings (SSSR count). The maximum atomic E-state index is 9.41. The van der Waals surface area contributed by atoms with Gasteiger partial charge in [-0.05, 0) is 18.2 Å². The molecular formula is C10H11N3O2. The number of benzene rings is 1. The third kappa shape index (κ3) is 1.76. The Balaban J connectivity index is 2.40. The lowest BCUT2D eigenvalue weighted by Crippen LogP contribution is -1.86. The van der Waals surface area contributed by atoms with Gasteiger partial charge in [-0.15, -0.1) is 0 Å². The highest BCUT2D eigenvalue weighted by Gasteiger charge is 2.08. The summed E-state index contributed by atoms with van der Waals surface area (Å²) in [5.74, 6) is 1.05. The van der Waals surface area contributed by atoms with Crippen LogP contribution in [0.5, 0.6) is 5.75 Å². The molecule has 0 atom stereocenters. The molecule has 0 aliphatic rings. The van der Waals surface area contributed by atoms with Crippen LogP contribution in [0, 0.1) is 0 Å². The summed E-state index contributed by atoms with van der Waals surface area (Å²) >= 11 is 0. The zero-order valence-electron chi connectivity index (χ0n) is 8.27. The second-order valence-electron chi connectivity index (χ2n) is 3.14. The topological polar surface area (TPSA) is 85.2 Å². The van der Waals surface area contributed by atoms with E-state index >= 15 is 0 Å². The fraction of sp³-hybridized carbons (Fsp3) is 0.200. The van der Waals surface area contributed by atoms with E-state index in [0.717, 1.165) is 0 Å². The van der Waals surface area contributed by atoms with Crippen molar-refractivity contribution in [3.63, 3.8) is 0 Å². The van der Waals surface area contributed by atoms with Crippen LogP contribution in [0.25, 0.3) is 11.5 Å². The van der Waals surface area contributed by atoms with Gasteiger partial charge in [0.2, 0.25) is 0 Å². The van der Waals surface area contributed by atoms with E-state index in [9.17, 15) is 5.11 Å². The van der Waals surface area contributed by atoms with Crippen LogP contribution in [0.3, 0.4) is 0 Å². The summed E-state index contributed by atoms with van der Waals surface area (Å²) < 4.78 is 5.02. The Kier molecular flexibility index (Phi) is 2.29. The largest absolute Gasteiger partial charge is 0.506 e. The van der Waals surface area contributed by atoms with Crippen molar-refractivity contribution in [1.82, 2.24) is 10.1 Å². The fourth-order valence-corrected chi connectivity index (χ4v) is 1.19. The van der Waals surface area contributed by atoms with Gasteiger partial charge in [0, 0.05) is 12.0 Å². The van der Waals surface area contributed by atoms with Gasteiger partial charge in [-0.1, -0.05) is 12.1 Å². The van der Waals surface area contributed by atoms with E-state index < -0.39 is 0 Å². The summed E-state index contributed by atoms with van der Waals surface area (Å²) in [4.78, 5) is 4.14. The standard InChI is InChI=1S/C10H11N3O2/c1-2-9-12-10(15-13-9)6-3-4-7(11)8(14)5-6/h3-5,14H,2,11H2,1H3. The van der Waals surface area contributed by atoms with Crippen molar-refractivity contribution in [2.24, 2.45) is 0 Å². The number of nitrogen functional groups attached to an aromatic ring is 1. The first kappa shape index (κ1) is 9.51. The van der Waals surface area contributed by atoms with Gasteiger partial charge in [0.05, 0.1) is 5.69 Å². The molecule has 78 valence electrons. The number of phenols is 1. The molecule has 0 radical (unpaired) electrons. The van der Waals surface area contributed by atoms with E-state index in [1.54, 1.807) is 12.1 Å². The lowest BCUT2D eigenvalue weighted by atomic mass is 10.2. The molecule has 0 bridgehead atoms. The predicted octanol–water partition coefficient (Wildman–Crippen LogP) is 1.59. The summed E-state index contributed by atoms with van der Waals surface area (Å²) in [5, 5.41) is 13.2. The molecule has 0 saturated carbocycles. The number of aromatic nitrogens is 2. The summed E-state index contributed by atoms with van der Waals surface area (Å²) in [7, 11) is 0. The Labute approximate surface area is 86.5 Å². The average Bonchev–Trinajstić information content (AvgIpc) is 2.70. The fourth-order valence-electron chi connectivity index (χ4n) is 1.19. The quantitative estimate of drug-likeness (QED) is 0.574. The second-order valence-corrected chi connectivity index (χ2v) is 3.14. The van der Waals surface area contributed by atoms with Crippen LogP contribution in [0.1, 0.15) is 12.7 Å². The van der Waals surface area contributed by atoms with Crippen molar-refractivity contribution in [3.05, 3.63) is 24.0 Å². The highest BCUT2D eigenvalue weighted by atomic mass is 16.5. The number of aryl methyl sites for hydroxylation is 1. The minimum atomic E-state index is 0.0174. The molecule has 5 nitrogen and oxygen atoms in total. The first-order valence-electron chi connectivity index (χ1n) is 4.62. The molecule has 1 aromatic heterocycles. The van der Waals surface area contributed by atoms with E-state index in [2.05, 4.69) is 10.1 Å². The van der Waals surface area contributed by atoms with E-state index in [0.29, 0.717) is 29.4 Å². The molecule has 0 aliphatic heterocycles. The predicted molar refractivity (Wildman–Crippen MR) is 55.2 cm³/mol. The Bertz CT molecular complexity index is 479. The van der Waals surface area contributed by atoms with E-state index in [1.165, 1.54) is 6.07 Å². The van der Waals surface area contributed by atoms with Crippen LogP contribution in [0.2, 0.25) is 0 Å². The maximum absolute atomic E-state index is 9.41. The summed E-state index contributed by atoms with van der Waals surface area (Å²) in [5.41, 5.74) is 6.47. The molecule has 1 aromatic carbocycles. The molecule has 0 unspecified atom stereocenters. The SMILES string of the molecule is CCc1noc(-c2ccc(N)c(O)c2)n1. The van der Waals surface area contributed by atoms with Gasteiger partial charge < -0.3 is 15.4 Å². The Morgan fingerprint density at radius 3 is 2.87 bits per heavy atom. The average molecular weight is 205 g/mol. The normalized spacial score (nSPS) is 10.5. The van der Waals surface area contributed by atoms with Gasteiger partial charge in [0.25, 0.3) is 5.89 Å². The molecule has 15 heavy (non-hydrogen) atoms. The van der Waals surface area contributed by atoms with Crippen LogP contribution in [0.4, 0.5) is 5.69 Å². The molecular weight excluding hydrogens is 194 g/mol. The molecule has 1 heterocycles. The number of hydrogen-bond donors (Lipinski definition) is 2. The highest BCUT2D eigenvalue weighted by molar-refractivity contribution is 5.63. The third-order valence-electron chi connectivity index (χ3n) is 2.06. The van der Waals surface area contributed by atoms with Crippen LogP contribution < -0.4 is 5.73 Å². The number of anilines is 1. The van der Waals surface area contributed by atoms with Crippen molar-refractivity contribution in [2.45, 2.75) is 13.3 Å². The van der Waals surface area contributed by atoms with Crippen molar-refractivity contribution in [2.75, 3.05) is 5.73 Å². The Morgan fingerprint density at radius 2 is 2.27 bits per heavy atom. The monoisotopic (exact) mass is 205 g/mol. The van der Waals surface area contributed by atoms with Gasteiger partial charge in [0.1, 0.15) is 5.75 Å². The summed E-state index contributed by atoms with van der Waals surface area (Å²) in [6.07, 6.45) is 0.713. The smallest absolute Gasteiger partial charge is 0.258 e. The van der Waals surface area contributed by atoms with E-state index in [1.807, 2.05) is 6.92 Å². The third-order valence-corrected chi connectivity index (χ3v) is 2.06. The molecule has 2 aromatic rings. The molecule has 0 saturated heterocycles. The van der Waals surface area contributed by atoms with Crippen molar-refractivity contribution < 1.29 is 9.63 Å². The Hall–Kier alpha value is -2.04. The first-order valence-corrected chi connectivity index (χ1v) is 4.62. The second kappa shape index (κ2) is 3.61. The lowest BCUT2D eigenvalue weighted by molar-refractivity contribution is 0.422. The van der Waals surface area contributed by atoms with Gasteiger partial charge in [0.15, 0.2) is 5.82 Å². The van der Waals surface area contributed by atoms with Crippen molar-refractivity contribution >= 4 is 5.69 Å². The number of aromatic hydroxyl groups is 1. The number of rotatable bonds is 2. The summed E-state index contributed by atoms with van der Waals surface area (Å²) in [6, 6.07) is 4.82. The van der Waals surface area contributed by atoms with Gasteiger partial charge >= 0.3 is 0 Å². The molecule has 5 heteroatoms. The molecule has 3 N–H and O–H groups in total. The number of hydrogen-bond acceptors (Lipinski definition) is 5. The van der Waals surface area contributed by atoms with Gasteiger partial charge in [-0.3, -0.25) is 0 Å². The number of phenolic OH excluding ortho intramolecular Hbond substituents is 1. The zero-order valence-corrected chi connectivity index (χ0v) is 8.27. The van der Waals surface area contributed by atoms with Crippen LogP contribution in [-0.4, -0.2) is 15.2 Å². The summed E-state index contributed by atoms with van der Waals surface area (Å²) in [6.45, 7) is 1.94. The van der Waals surface area contributed by atoms with Gasteiger partial charge in [-0.2, -0.15) is 4.98 Å². The van der Waals surface area contributed by atoms with E-state index in [-0.39, 0.29) is 5.75 Å². The minimum absolute atomic E-state index is 0.0174. The minimum Gasteiger partial charge on any atom is -0.506 e. The van der Waals surface area contributed by atoms with Gasteiger partial charge in [-0.25, -0.2) is 0 Å². The lowest BCUT2D eigenvalue weighted by Gasteiger charge is -1.99. The molecule has 0 aliphatic carbocycles.